The summed E-state index contributed by atoms with van der Waals surface area (Å²) in [5.41, 5.74) is -0.270. The maximum Gasteiger partial charge on any atom is 0.310 e. The Bertz CT molecular complexity index is 586. The Labute approximate surface area is 117 Å². The molecule has 1 atom stereocenters. The zero-order chi connectivity index (χ0) is 15.3. The van der Waals surface area contributed by atoms with Crippen molar-refractivity contribution in [2.24, 2.45) is 5.92 Å². The van der Waals surface area contributed by atoms with Gasteiger partial charge in [-0.2, -0.15) is 0 Å². The van der Waals surface area contributed by atoms with Crippen LogP contribution in [-0.2, 0) is 9.84 Å². The van der Waals surface area contributed by atoms with Crippen LogP contribution in [0.15, 0.2) is 23.1 Å². The molecule has 0 fully saturated rings. The summed E-state index contributed by atoms with van der Waals surface area (Å²) in [7, 11) is -3.67. The molecule has 0 amide bonds. The minimum absolute atomic E-state index is 0.0360. The van der Waals surface area contributed by atoms with E-state index in [1.165, 1.54) is 18.2 Å². The van der Waals surface area contributed by atoms with Crippen LogP contribution in [-0.4, -0.2) is 37.9 Å². The molecule has 0 saturated heterocycles. The molecule has 2 N–H and O–H groups in total. The second-order valence-electron chi connectivity index (χ2n) is 4.68. The van der Waals surface area contributed by atoms with Gasteiger partial charge in [0.1, 0.15) is 10.6 Å². The van der Waals surface area contributed by atoms with E-state index in [1.807, 2.05) is 6.92 Å². The largest absolute Gasteiger partial charge is 0.396 e. The van der Waals surface area contributed by atoms with Crippen LogP contribution >= 0.6 is 0 Å². The van der Waals surface area contributed by atoms with Gasteiger partial charge in [-0.3, -0.25) is 10.1 Å². The number of rotatable bonds is 7. The van der Waals surface area contributed by atoms with Gasteiger partial charge >= 0.3 is 5.69 Å². The number of hydrogen-bond donors (Lipinski definition) is 2. The van der Waals surface area contributed by atoms with Crippen LogP contribution < -0.4 is 5.32 Å². The SMILES string of the molecule is CC(CCO)CNc1cccc(S(C)(=O)=O)c1[N+](=O)[O-]. The highest BCUT2D eigenvalue weighted by molar-refractivity contribution is 7.90. The van der Waals surface area contributed by atoms with Crippen molar-refractivity contribution in [3.8, 4) is 0 Å². The number of hydrogen-bond acceptors (Lipinski definition) is 6. The van der Waals surface area contributed by atoms with Gasteiger partial charge in [0.15, 0.2) is 9.84 Å². The highest BCUT2D eigenvalue weighted by Gasteiger charge is 2.26. The molecule has 0 aliphatic carbocycles. The maximum absolute atomic E-state index is 11.6. The molecule has 7 nitrogen and oxygen atoms in total. The molecule has 0 heterocycles. The lowest BCUT2D eigenvalue weighted by Gasteiger charge is -2.13. The van der Waals surface area contributed by atoms with E-state index in [0.717, 1.165) is 6.26 Å². The number of para-hydroxylation sites is 1. The van der Waals surface area contributed by atoms with E-state index in [4.69, 9.17) is 5.11 Å². The summed E-state index contributed by atoms with van der Waals surface area (Å²) >= 11 is 0. The minimum Gasteiger partial charge on any atom is -0.396 e. The molecule has 0 spiro atoms. The molecular formula is C12H18N2O5S. The van der Waals surface area contributed by atoms with Crippen molar-refractivity contribution in [1.82, 2.24) is 0 Å². The van der Waals surface area contributed by atoms with E-state index >= 15 is 0 Å². The number of benzene rings is 1. The number of aliphatic hydroxyl groups is 1. The fourth-order valence-electron chi connectivity index (χ4n) is 1.76. The molecule has 8 heteroatoms. The summed E-state index contributed by atoms with van der Waals surface area (Å²) < 4.78 is 23.2. The van der Waals surface area contributed by atoms with Crippen LogP contribution in [0.3, 0.4) is 0 Å². The first kappa shape index (κ1) is 16.4. The van der Waals surface area contributed by atoms with Crippen molar-refractivity contribution < 1.29 is 18.4 Å². The topological polar surface area (TPSA) is 110 Å². The summed E-state index contributed by atoms with van der Waals surface area (Å²) in [5.74, 6) is 0.112. The summed E-state index contributed by atoms with van der Waals surface area (Å²) in [5, 5.41) is 22.8. The van der Waals surface area contributed by atoms with Crippen molar-refractivity contribution in [3.05, 3.63) is 28.3 Å². The Morgan fingerprint density at radius 3 is 2.60 bits per heavy atom. The van der Waals surface area contributed by atoms with E-state index in [-0.39, 0.29) is 23.1 Å². The van der Waals surface area contributed by atoms with Gasteiger partial charge in [-0.25, -0.2) is 8.42 Å². The van der Waals surface area contributed by atoms with Gasteiger partial charge in [-0.1, -0.05) is 13.0 Å². The Hall–Kier alpha value is -1.67. The van der Waals surface area contributed by atoms with Crippen molar-refractivity contribution in [1.29, 1.82) is 0 Å². The second-order valence-corrected chi connectivity index (χ2v) is 6.66. The maximum atomic E-state index is 11.6. The van der Waals surface area contributed by atoms with Gasteiger partial charge in [0, 0.05) is 19.4 Å². The second kappa shape index (κ2) is 6.67. The summed E-state index contributed by atoms with van der Waals surface area (Å²) in [6, 6.07) is 4.15. The van der Waals surface area contributed by atoms with Crippen molar-refractivity contribution in [2.45, 2.75) is 18.2 Å². The molecule has 0 aliphatic rings. The predicted molar refractivity (Wildman–Crippen MR) is 75.6 cm³/mol. The third-order valence-electron chi connectivity index (χ3n) is 2.84. The van der Waals surface area contributed by atoms with E-state index in [1.54, 1.807) is 0 Å². The average Bonchev–Trinajstić information content (AvgIpc) is 2.35. The molecule has 1 unspecified atom stereocenters. The Balaban J connectivity index is 3.11. The third kappa shape index (κ3) is 4.17. The average molecular weight is 302 g/mol. The van der Waals surface area contributed by atoms with Crippen LogP contribution in [0.25, 0.3) is 0 Å². The number of nitro benzene ring substituents is 1. The molecule has 0 saturated carbocycles. The van der Waals surface area contributed by atoms with Gasteiger partial charge in [-0.15, -0.1) is 0 Å². The van der Waals surface area contributed by atoms with Crippen LogP contribution in [0.2, 0.25) is 0 Å². The molecule has 0 aromatic heterocycles. The Morgan fingerprint density at radius 1 is 1.45 bits per heavy atom. The molecular weight excluding hydrogens is 284 g/mol. The van der Waals surface area contributed by atoms with Crippen LogP contribution in [0, 0.1) is 16.0 Å². The number of aliphatic hydroxyl groups excluding tert-OH is 1. The van der Waals surface area contributed by atoms with Gasteiger partial charge < -0.3 is 10.4 Å². The number of sulfone groups is 1. The van der Waals surface area contributed by atoms with E-state index < -0.39 is 20.4 Å². The number of nitrogens with zero attached hydrogens (tertiary/aromatic N) is 1. The minimum atomic E-state index is -3.67. The highest BCUT2D eigenvalue weighted by atomic mass is 32.2. The first-order valence-corrected chi connectivity index (χ1v) is 7.98. The molecule has 1 aromatic carbocycles. The lowest BCUT2D eigenvalue weighted by Crippen LogP contribution is -2.14. The quantitative estimate of drug-likeness (QED) is 0.582. The third-order valence-corrected chi connectivity index (χ3v) is 3.97. The van der Waals surface area contributed by atoms with Crippen molar-refractivity contribution in [3.63, 3.8) is 0 Å². The summed E-state index contributed by atoms with van der Waals surface area (Å²) in [6.07, 6.45) is 1.50. The molecule has 1 aromatic rings. The van der Waals surface area contributed by atoms with Gasteiger partial charge in [0.05, 0.1) is 4.92 Å². The van der Waals surface area contributed by atoms with Gasteiger partial charge in [0.2, 0.25) is 0 Å². The fourth-order valence-corrected chi connectivity index (χ4v) is 2.62. The molecule has 0 radical (unpaired) electrons. The summed E-state index contributed by atoms with van der Waals surface area (Å²) in [6.45, 7) is 2.33. The molecule has 1 rings (SSSR count). The first-order chi connectivity index (χ1) is 9.27. The van der Waals surface area contributed by atoms with Crippen molar-refractivity contribution in [2.75, 3.05) is 24.7 Å². The smallest absolute Gasteiger partial charge is 0.310 e. The zero-order valence-electron chi connectivity index (χ0n) is 11.4. The van der Waals surface area contributed by atoms with E-state index in [0.29, 0.717) is 13.0 Å². The lowest BCUT2D eigenvalue weighted by molar-refractivity contribution is -0.386. The Morgan fingerprint density at radius 2 is 2.10 bits per heavy atom. The number of anilines is 1. The van der Waals surface area contributed by atoms with E-state index in [2.05, 4.69) is 5.32 Å². The first-order valence-electron chi connectivity index (χ1n) is 6.09. The van der Waals surface area contributed by atoms with E-state index in [9.17, 15) is 18.5 Å². The number of nitro groups is 1. The zero-order valence-corrected chi connectivity index (χ0v) is 12.2. The molecule has 0 aliphatic heterocycles. The van der Waals surface area contributed by atoms with Crippen LogP contribution in [0.4, 0.5) is 11.4 Å². The summed E-state index contributed by atoms with van der Waals surface area (Å²) in [4.78, 5) is 10.1. The van der Waals surface area contributed by atoms with Gasteiger partial charge in [0.25, 0.3) is 0 Å². The van der Waals surface area contributed by atoms with Gasteiger partial charge in [-0.05, 0) is 24.5 Å². The molecule has 112 valence electrons. The van der Waals surface area contributed by atoms with Crippen LogP contribution in [0.1, 0.15) is 13.3 Å². The van der Waals surface area contributed by atoms with Crippen LogP contribution in [0.5, 0.6) is 0 Å². The fraction of sp³-hybridized carbons (Fsp3) is 0.500. The lowest BCUT2D eigenvalue weighted by atomic mass is 10.1. The Kier molecular flexibility index (Phi) is 5.46. The van der Waals surface area contributed by atoms with Crippen molar-refractivity contribution >= 4 is 21.2 Å². The number of nitrogens with one attached hydrogen (secondary N) is 1. The monoisotopic (exact) mass is 302 g/mol. The predicted octanol–water partition coefficient (Wildman–Crippen LogP) is 1.43. The highest BCUT2D eigenvalue weighted by Crippen LogP contribution is 2.32. The standard InChI is InChI=1S/C12H18N2O5S/c1-9(6-7-15)8-13-10-4-3-5-11(20(2,18)19)12(10)14(16)17/h3-5,9,13,15H,6-8H2,1-2H3. The molecule has 20 heavy (non-hydrogen) atoms. The normalized spacial score (nSPS) is 12.9. The molecule has 0 bridgehead atoms.